The smallest absolute Gasteiger partial charge is 0.231 e. The van der Waals surface area contributed by atoms with Crippen LogP contribution in [0.2, 0.25) is 0 Å². The quantitative estimate of drug-likeness (QED) is 0.846. The Labute approximate surface area is 132 Å². The molecule has 2 aromatic rings. The lowest BCUT2D eigenvalue weighted by Crippen LogP contribution is -2.36. The van der Waals surface area contributed by atoms with Crippen molar-refractivity contribution in [2.45, 2.75) is 19.3 Å². The molecule has 0 saturated carbocycles. The summed E-state index contributed by atoms with van der Waals surface area (Å²) in [5.74, 6) is 0.125. The van der Waals surface area contributed by atoms with Crippen LogP contribution in [0, 0.1) is 0 Å². The van der Waals surface area contributed by atoms with Crippen molar-refractivity contribution in [1.29, 1.82) is 0 Å². The number of nitrogen functional groups attached to an aromatic ring is 1. The van der Waals surface area contributed by atoms with Crippen molar-refractivity contribution in [3.05, 3.63) is 58.1 Å². The van der Waals surface area contributed by atoms with Crippen molar-refractivity contribution in [2.24, 2.45) is 0 Å². The van der Waals surface area contributed by atoms with Gasteiger partial charge in [0.25, 0.3) is 0 Å². The number of hydrogen-bond acceptors (Lipinski definition) is 2. The van der Waals surface area contributed by atoms with E-state index in [4.69, 9.17) is 5.73 Å². The van der Waals surface area contributed by atoms with Gasteiger partial charge in [-0.3, -0.25) is 4.79 Å². The van der Waals surface area contributed by atoms with Gasteiger partial charge in [-0.25, -0.2) is 0 Å². The number of amides is 1. The molecule has 1 aliphatic rings. The van der Waals surface area contributed by atoms with Crippen LogP contribution in [0.1, 0.15) is 17.5 Å². The first kappa shape index (κ1) is 14.1. The lowest BCUT2D eigenvalue weighted by molar-refractivity contribution is -0.118. The Morgan fingerprint density at radius 2 is 2.10 bits per heavy atom. The maximum absolute atomic E-state index is 12.6. The second kappa shape index (κ2) is 5.90. The van der Waals surface area contributed by atoms with E-state index in [1.807, 2.05) is 47.4 Å². The third-order valence-electron chi connectivity index (χ3n) is 3.77. The molecule has 0 aromatic heterocycles. The first-order chi connectivity index (χ1) is 10.1. The van der Waals surface area contributed by atoms with Gasteiger partial charge in [0.1, 0.15) is 0 Å². The van der Waals surface area contributed by atoms with Gasteiger partial charge in [-0.1, -0.05) is 34.1 Å². The summed E-state index contributed by atoms with van der Waals surface area (Å²) in [4.78, 5) is 14.5. The third-order valence-corrected chi connectivity index (χ3v) is 4.27. The molecule has 0 atom stereocenters. The van der Waals surface area contributed by atoms with Crippen LogP contribution in [0.4, 0.5) is 11.4 Å². The molecule has 108 valence electrons. The van der Waals surface area contributed by atoms with Gasteiger partial charge in [0, 0.05) is 22.4 Å². The third kappa shape index (κ3) is 3.10. The summed E-state index contributed by atoms with van der Waals surface area (Å²) in [5, 5.41) is 0. The number of halogens is 1. The Balaban J connectivity index is 1.85. The zero-order chi connectivity index (χ0) is 14.8. The maximum Gasteiger partial charge on any atom is 0.231 e. The number of hydrogen-bond donors (Lipinski definition) is 1. The molecule has 0 unspecified atom stereocenters. The van der Waals surface area contributed by atoms with Crippen molar-refractivity contribution >= 4 is 33.2 Å². The summed E-state index contributed by atoms with van der Waals surface area (Å²) >= 11 is 3.44. The van der Waals surface area contributed by atoms with Crippen LogP contribution in [0.15, 0.2) is 46.9 Å². The number of carbonyl (C=O) groups excluding carboxylic acids is 1. The van der Waals surface area contributed by atoms with Gasteiger partial charge in [0.05, 0.1) is 6.42 Å². The fraction of sp³-hybridized carbons (Fsp3) is 0.235. The first-order valence-corrected chi connectivity index (χ1v) is 7.86. The Hall–Kier alpha value is -1.81. The van der Waals surface area contributed by atoms with Crippen molar-refractivity contribution in [1.82, 2.24) is 0 Å². The van der Waals surface area contributed by atoms with Gasteiger partial charge in [-0.15, -0.1) is 0 Å². The molecule has 0 radical (unpaired) electrons. The predicted molar refractivity (Wildman–Crippen MR) is 89.4 cm³/mol. The standard InChI is InChI=1S/C17H17BrN2O/c18-14-5-1-3-12(9-14)10-17(21)20-8-2-4-13-6-7-15(19)11-16(13)20/h1,3,5-7,9,11H,2,4,8,10,19H2. The summed E-state index contributed by atoms with van der Waals surface area (Å²) in [7, 11) is 0. The first-order valence-electron chi connectivity index (χ1n) is 7.07. The molecule has 2 N–H and O–H groups in total. The van der Waals surface area contributed by atoms with Crippen LogP contribution in [0.25, 0.3) is 0 Å². The summed E-state index contributed by atoms with van der Waals surface area (Å²) in [6.45, 7) is 0.767. The van der Waals surface area contributed by atoms with Crippen molar-refractivity contribution in [3.63, 3.8) is 0 Å². The van der Waals surface area contributed by atoms with E-state index in [2.05, 4.69) is 15.9 Å². The van der Waals surface area contributed by atoms with Crippen molar-refractivity contribution in [3.8, 4) is 0 Å². The van der Waals surface area contributed by atoms with E-state index in [0.717, 1.165) is 35.1 Å². The van der Waals surface area contributed by atoms with Gasteiger partial charge >= 0.3 is 0 Å². The number of aryl methyl sites for hydroxylation is 1. The van der Waals surface area contributed by atoms with Gasteiger partial charge in [0.15, 0.2) is 0 Å². The van der Waals surface area contributed by atoms with Crippen LogP contribution >= 0.6 is 15.9 Å². The molecule has 4 heteroatoms. The fourth-order valence-corrected chi connectivity index (χ4v) is 3.21. The molecule has 3 nitrogen and oxygen atoms in total. The van der Waals surface area contributed by atoms with Crippen LogP contribution in [0.5, 0.6) is 0 Å². The highest BCUT2D eigenvalue weighted by Gasteiger charge is 2.22. The van der Waals surface area contributed by atoms with E-state index in [9.17, 15) is 4.79 Å². The molecular formula is C17H17BrN2O. The lowest BCUT2D eigenvalue weighted by atomic mass is 10.00. The molecular weight excluding hydrogens is 328 g/mol. The van der Waals surface area contributed by atoms with Crippen LogP contribution in [-0.2, 0) is 17.6 Å². The highest BCUT2D eigenvalue weighted by molar-refractivity contribution is 9.10. The Kier molecular flexibility index (Phi) is 3.97. The van der Waals surface area contributed by atoms with Gasteiger partial charge < -0.3 is 10.6 Å². The molecule has 0 bridgehead atoms. The van der Waals surface area contributed by atoms with E-state index in [0.29, 0.717) is 12.1 Å². The molecule has 0 spiro atoms. The lowest BCUT2D eigenvalue weighted by Gasteiger charge is -2.30. The topological polar surface area (TPSA) is 46.3 Å². The number of carbonyl (C=O) groups is 1. The number of fused-ring (bicyclic) bond motifs is 1. The summed E-state index contributed by atoms with van der Waals surface area (Å²) < 4.78 is 0.996. The largest absolute Gasteiger partial charge is 0.399 e. The van der Waals surface area contributed by atoms with E-state index in [-0.39, 0.29) is 5.91 Å². The number of rotatable bonds is 2. The monoisotopic (exact) mass is 344 g/mol. The molecule has 2 aromatic carbocycles. The number of nitrogens with zero attached hydrogens (tertiary/aromatic N) is 1. The highest BCUT2D eigenvalue weighted by Crippen LogP contribution is 2.29. The fourth-order valence-electron chi connectivity index (χ4n) is 2.77. The molecule has 0 saturated heterocycles. The molecule has 1 heterocycles. The van der Waals surface area contributed by atoms with E-state index in [1.54, 1.807) is 0 Å². The summed E-state index contributed by atoms with van der Waals surface area (Å²) in [6, 6.07) is 13.7. The highest BCUT2D eigenvalue weighted by atomic mass is 79.9. The molecule has 0 aliphatic carbocycles. The van der Waals surface area contributed by atoms with Crippen molar-refractivity contribution in [2.75, 3.05) is 17.2 Å². The number of benzene rings is 2. The second-order valence-electron chi connectivity index (χ2n) is 5.34. The average molecular weight is 345 g/mol. The summed E-state index contributed by atoms with van der Waals surface area (Å²) in [6.07, 6.45) is 2.42. The maximum atomic E-state index is 12.6. The molecule has 1 amide bonds. The molecule has 21 heavy (non-hydrogen) atoms. The minimum absolute atomic E-state index is 0.125. The minimum atomic E-state index is 0.125. The normalized spacial score (nSPS) is 13.9. The number of anilines is 2. The van der Waals surface area contributed by atoms with Gasteiger partial charge in [0.2, 0.25) is 5.91 Å². The SMILES string of the molecule is Nc1ccc2c(c1)N(C(=O)Cc1cccc(Br)c1)CCC2. The van der Waals surface area contributed by atoms with Crippen LogP contribution in [0.3, 0.4) is 0 Å². The van der Waals surface area contributed by atoms with Crippen molar-refractivity contribution < 1.29 is 4.79 Å². The van der Waals surface area contributed by atoms with Crippen LogP contribution < -0.4 is 10.6 Å². The van der Waals surface area contributed by atoms with E-state index >= 15 is 0 Å². The molecule has 0 fully saturated rings. The number of nitrogens with two attached hydrogens (primary N) is 1. The molecule has 3 rings (SSSR count). The Bertz CT molecular complexity index is 684. The molecule has 1 aliphatic heterocycles. The average Bonchev–Trinajstić information content (AvgIpc) is 2.46. The summed E-state index contributed by atoms with van der Waals surface area (Å²) in [5.41, 5.74) is 9.78. The zero-order valence-electron chi connectivity index (χ0n) is 11.7. The van der Waals surface area contributed by atoms with E-state index in [1.165, 1.54) is 5.56 Å². The van der Waals surface area contributed by atoms with Gasteiger partial charge in [-0.2, -0.15) is 0 Å². The Morgan fingerprint density at radius 1 is 1.24 bits per heavy atom. The minimum Gasteiger partial charge on any atom is -0.399 e. The Morgan fingerprint density at radius 3 is 2.90 bits per heavy atom. The van der Waals surface area contributed by atoms with Crippen LogP contribution in [-0.4, -0.2) is 12.5 Å². The van der Waals surface area contributed by atoms with E-state index < -0.39 is 0 Å². The second-order valence-corrected chi connectivity index (χ2v) is 6.26. The zero-order valence-corrected chi connectivity index (χ0v) is 13.3. The predicted octanol–water partition coefficient (Wildman–Crippen LogP) is 3.55. The van der Waals surface area contributed by atoms with Gasteiger partial charge in [-0.05, 0) is 48.2 Å².